The first-order valence-electron chi connectivity index (χ1n) is 10.1. The Morgan fingerprint density at radius 1 is 1.24 bits per heavy atom. The van der Waals surface area contributed by atoms with Gasteiger partial charge in [0.25, 0.3) is 0 Å². The van der Waals surface area contributed by atoms with E-state index in [1.807, 2.05) is 57.2 Å². The summed E-state index contributed by atoms with van der Waals surface area (Å²) >= 11 is 6.09. The summed E-state index contributed by atoms with van der Waals surface area (Å²) in [5.41, 5.74) is 3.09. The highest BCUT2D eigenvalue weighted by Gasteiger charge is 2.11. The number of aryl methyl sites for hydroxylation is 2. The molecule has 0 saturated carbocycles. The van der Waals surface area contributed by atoms with Gasteiger partial charge in [0, 0.05) is 23.9 Å². The fraction of sp³-hybridized carbons (Fsp3) is 0.391. The van der Waals surface area contributed by atoms with Crippen molar-refractivity contribution in [3.8, 4) is 5.75 Å². The SMILES string of the molecule is Cc1cc(OCCn2c(CCCNC(=O)C(C)C)nc3ccccc32)ccc1Cl. The van der Waals surface area contributed by atoms with Crippen LogP contribution >= 0.6 is 11.6 Å². The number of nitrogens with one attached hydrogen (secondary N) is 1. The Balaban J connectivity index is 1.64. The van der Waals surface area contributed by atoms with Gasteiger partial charge in [-0.05, 0) is 49.2 Å². The summed E-state index contributed by atoms with van der Waals surface area (Å²) in [6.07, 6.45) is 1.64. The van der Waals surface area contributed by atoms with Crippen LogP contribution in [0.25, 0.3) is 11.0 Å². The molecule has 6 heteroatoms. The summed E-state index contributed by atoms with van der Waals surface area (Å²) in [4.78, 5) is 16.5. The highest BCUT2D eigenvalue weighted by atomic mass is 35.5. The van der Waals surface area contributed by atoms with Crippen molar-refractivity contribution in [3.63, 3.8) is 0 Å². The Hall–Kier alpha value is -2.53. The summed E-state index contributed by atoms with van der Waals surface area (Å²) in [6, 6.07) is 13.8. The standard InChI is InChI=1S/C23H28ClN3O2/c1-16(2)23(28)25-12-6-9-22-26-20-7-4-5-8-21(20)27(22)13-14-29-18-10-11-19(24)17(3)15-18/h4-5,7-8,10-11,15-16H,6,9,12-14H2,1-3H3,(H,25,28). The number of rotatable bonds is 9. The second-order valence-corrected chi connectivity index (χ2v) is 7.88. The van der Waals surface area contributed by atoms with Crippen LogP contribution in [0.5, 0.6) is 5.75 Å². The van der Waals surface area contributed by atoms with Gasteiger partial charge in [0.05, 0.1) is 17.6 Å². The van der Waals surface area contributed by atoms with E-state index in [4.69, 9.17) is 21.3 Å². The number of hydrogen-bond acceptors (Lipinski definition) is 3. The molecule has 0 aliphatic rings. The third-order valence-corrected chi connectivity index (χ3v) is 5.27. The van der Waals surface area contributed by atoms with Crippen LogP contribution in [0.1, 0.15) is 31.7 Å². The lowest BCUT2D eigenvalue weighted by Gasteiger charge is -2.12. The molecular weight excluding hydrogens is 386 g/mol. The average molecular weight is 414 g/mol. The molecule has 0 saturated heterocycles. The van der Waals surface area contributed by atoms with E-state index in [1.54, 1.807) is 0 Å². The minimum absolute atomic E-state index is 0.00762. The summed E-state index contributed by atoms with van der Waals surface area (Å²) < 4.78 is 8.15. The number of benzene rings is 2. The number of hydrogen-bond donors (Lipinski definition) is 1. The number of ether oxygens (including phenoxy) is 1. The summed E-state index contributed by atoms with van der Waals surface area (Å²) in [5, 5.41) is 3.71. The van der Waals surface area contributed by atoms with Crippen molar-refractivity contribution in [3.05, 3.63) is 58.9 Å². The van der Waals surface area contributed by atoms with E-state index in [1.165, 1.54) is 0 Å². The zero-order valence-electron chi connectivity index (χ0n) is 17.2. The van der Waals surface area contributed by atoms with Crippen LogP contribution in [-0.4, -0.2) is 28.6 Å². The molecule has 3 rings (SSSR count). The van der Waals surface area contributed by atoms with Gasteiger partial charge in [0.15, 0.2) is 0 Å². The van der Waals surface area contributed by atoms with Crippen molar-refractivity contribution in [1.82, 2.24) is 14.9 Å². The molecule has 0 aliphatic heterocycles. The maximum atomic E-state index is 11.7. The maximum absolute atomic E-state index is 11.7. The van der Waals surface area contributed by atoms with E-state index < -0.39 is 0 Å². The maximum Gasteiger partial charge on any atom is 0.222 e. The lowest BCUT2D eigenvalue weighted by atomic mass is 10.2. The second kappa shape index (κ2) is 9.79. The van der Waals surface area contributed by atoms with Crippen LogP contribution in [0.3, 0.4) is 0 Å². The van der Waals surface area contributed by atoms with Crippen molar-refractivity contribution >= 4 is 28.5 Å². The molecule has 1 aromatic heterocycles. The Bertz CT molecular complexity index is 981. The van der Waals surface area contributed by atoms with Crippen LogP contribution in [0.15, 0.2) is 42.5 Å². The number of amides is 1. The molecule has 1 heterocycles. The Labute approximate surface area is 177 Å². The molecule has 154 valence electrons. The van der Waals surface area contributed by atoms with Gasteiger partial charge in [-0.2, -0.15) is 0 Å². The number of fused-ring (bicyclic) bond motifs is 1. The number of nitrogens with zero attached hydrogens (tertiary/aromatic N) is 2. The summed E-state index contributed by atoms with van der Waals surface area (Å²) in [6.45, 7) is 7.66. The number of aromatic nitrogens is 2. The van der Waals surface area contributed by atoms with Gasteiger partial charge in [0.2, 0.25) is 5.91 Å². The van der Waals surface area contributed by atoms with Crippen molar-refractivity contribution in [2.75, 3.05) is 13.2 Å². The first-order chi connectivity index (χ1) is 14.0. The molecule has 0 spiro atoms. The van der Waals surface area contributed by atoms with Gasteiger partial charge < -0.3 is 14.6 Å². The van der Waals surface area contributed by atoms with Crippen molar-refractivity contribution < 1.29 is 9.53 Å². The van der Waals surface area contributed by atoms with E-state index in [-0.39, 0.29) is 11.8 Å². The third kappa shape index (κ3) is 5.51. The Morgan fingerprint density at radius 2 is 2.03 bits per heavy atom. The monoisotopic (exact) mass is 413 g/mol. The molecule has 0 radical (unpaired) electrons. The fourth-order valence-corrected chi connectivity index (χ4v) is 3.31. The van der Waals surface area contributed by atoms with Crippen LogP contribution in [0, 0.1) is 12.8 Å². The summed E-state index contributed by atoms with van der Waals surface area (Å²) in [5.74, 6) is 1.92. The molecule has 0 atom stereocenters. The first kappa shape index (κ1) is 21.2. The van der Waals surface area contributed by atoms with E-state index in [0.29, 0.717) is 19.7 Å². The number of carbonyl (C=O) groups excluding carboxylic acids is 1. The van der Waals surface area contributed by atoms with E-state index in [2.05, 4.69) is 16.0 Å². The van der Waals surface area contributed by atoms with Crippen molar-refractivity contribution in [1.29, 1.82) is 0 Å². The first-order valence-corrected chi connectivity index (χ1v) is 10.4. The lowest BCUT2D eigenvalue weighted by molar-refractivity contribution is -0.123. The molecule has 5 nitrogen and oxygen atoms in total. The van der Waals surface area contributed by atoms with Gasteiger partial charge in [-0.1, -0.05) is 37.6 Å². The van der Waals surface area contributed by atoms with Gasteiger partial charge in [0.1, 0.15) is 18.2 Å². The van der Waals surface area contributed by atoms with E-state index in [9.17, 15) is 4.79 Å². The Morgan fingerprint density at radius 3 is 2.79 bits per heavy atom. The minimum atomic E-state index is 0.00762. The normalized spacial score (nSPS) is 11.2. The lowest BCUT2D eigenvalue weighted by Crippen LogP contribution is -2.28. The van der Waals surface area contributed by atoms with Crippen LogP contribution < -0.4 is 10.1 Å². The molecule has 1 amide bonds. The van der Waals surface area contributed by atoms with Gasteiger partial charge in [-0.3, -0.25) is 4.79 Å². The molecule has 2 aromatic carbocycles. The zero-order chi connectivity index (χ0) is 20.8. The molecule has 0 bridgehead atoms. The number of carbonyl (C=O) groups is 1. The van der Waals surface area contributed by atoms with Crippen LogP contribution in [-0.2, 0) is 17.8 Å². The Kier molecular flexibility index (Phi) is 7.15. The average Bonchev–Trinajstić information content (AvgIpc) is 3.05. The number of halogens is 1. The third-order valence-electron chi connectivity index (χ3n) is 4.85. The van der Waals surface area contributed by atoms with Gasteiger partial charge in [-0.25, -0.2) is 4.98 Å². The van der Waals surface area contributed by atoms with Gasteiger partial charge >= 0.3 is 0 Å². The van der Waals surface area contributed by atoms with Crippen molar-refractivity contribution in [2.45, 2.75) is 40.2 Å². The quantitative estimate of drug-likeness (QED) is 0.513. The molecular formula is C23H28ClN3O2. The number of para-hydroxylation sites is 2. The van der Waals surface area contributed by atoms with E-state index >= 15 is 0 Å². The molecule has 1 N–H and O–H groups in total. The molecule has 0 unspecified atom stereocenters. The predicted octanol–water partition coefficient (Wildman–Crippen LogP) is 4.78. The molecule has 0 aliphatic carbocycles. The highest BCUT2D eigenvalue weighted by molar-refractivity contribution is 6.31. The number of imidazole rings is 1. The van der Waals surface area contributed by atoms with Gasteiger partial charge in [-0.15, -0.1) is 0 Å². The smallest absolute Gasteiger partial charge is 0.222 e. The zero-order valence-corrected chi connectivity index (χ0v) is 18.0. The fourth-order valence-electron chi connectivity index (χ4n) is 3.19. The van der Waals surface area contributed by atoms with Crippen molar-refractivity contribution in [2.24, 2.45) is 5.92 Å². The second-order valence-electron chi connectivity index (χ2n) is 7.48. The molecule has 29 heavy (non-hydrogen) atoms. The van der Waals surface area contributed by atoms with Crippen LogP contribution in [0.4, 0.5) is 0 Å². The largest absolute Gasteiger partial charge is 0.492 e. The predicted molar refractivity (Wildman–Crippen MR) is 118 cm³/mol. The molecule has 3 aromatic rings. The van der Waals surface area contributed by atoms with Crippen LogP contribution in [0.2, 0.25) is 5.02 Å². The van der Waals surface area contributed by atoms with E-state index in [0.717, 1.165) is 46.0 Å². The topological polar surface area (TPSA) is 56.1 Å². The highest BCUT2D eigenvalue weighted by Crippen LogP contribution is 2.22. The molecule has 0 fully saturated rings. The summed E-state index contributed by atoms with van der Waals surface area (Å²) in [7, 11) is 0. The minimum Gasteiger partial charge on any atom is -0.492 e.